The van der Waals surface area contributed by atoms with Crippen LogP contribution in [0.25, 0.3) is 0 Å². The SMILES string of the molecule is C/C=C/COc1cc(Cl)nc(C(C)C)n1. The van der Waals surface area contributed by atoms with Gasteiger partial charge in [0.05, 0.1) is 0 Å². The number of halogens is 1. The summed E-state index contributed by atoms with van der Waals surface area (Å²) in [6.07, 6.45) is 3.83. The Labute approximate surface area is 95.2 Å². The van der Waals surface area contributed by atoms with Crippen LogP contribution in [0.1, 0.15) is 32.5 Å². The number of hydrogen-bond donors (Lipinski definition) is 0. The first-order chi connectivity index (χ1) is 7.13. The number of hydrogen-bond acceptors (Lipinski definition) is 3. The minimum atomic E-state index is 0.243. The summed E-state index contributed by atoms with van der Waals surface area (Å²) in [5.74, 6) is 1.47. The van der Waals surface area contributed by atoms with E-state index in [9.17, 15) is 0 Å². The molecule has 0 radical (unpaired) electrons. The third-order valence-corrected chi connectivity index (χ3v) is 1.96. The number of rotatable bonds is 4. The Morgan fingerprint density at radius 2 is 2.20 bits per heavy atom. The number of nitrogens with zero attached hydrogens (tertiary/aromatic N) is 2. The maximum atomic E-state index is 5.86. The van der Waals surface area contributed by atoms with E-state index in [1.165, 1.54) is 0 Å². The van der Waals surface area contributed by atoms with E-state index in [0.717, 1.165) is 0 Å². The van der Waals surface area contributed by atoms with E-state index in [1.807, 2.05) is 32.9 Å². The average Bonchev–Trinajstić information content (AvgIpc) is 2.17. The van der Waals surface area contributed by atoms with Crippen molar-refractivity contribution in [2.75, 3.05) is 6.61 Å². The summed E-state index contributed by atoms with van der Waals surface area (Å²) in [4.78, 5) is 8.37. The Morgan fingerprint density at radius 3 is 2.80 bits per heavy atom. The van der Waals surface area contributed by atoms with Crippen LogP contribution in [0.15, 0.2) is 18.2 Å². The highest BCUT2D eigenvalue weighted by Gasteiger charge is 2.07. The van der Waals surface area contributed by atoms with Crippen molar-refractivity contribution in [2.24, 2.45) is 0 Å². The Morgan fingerprint density at radius 1 is 1.47 bits per heavy atom. The molecule has 0 aliphatic heterocycles. The molecule has 4 heteroatoms. The van der Waals surface area contributed by atoms with Crippen molar-refractivity contribution in [2.45, 2.75) is 26.7 Å². The van der Waals surface area contributed by atoms with Crippen molar-refractivity contribution in [1.82, 2.24) is 9.97 Å². The summed E-state index contributed by atoms with van der Waals surface area (Å²) in [5.41, 5.74) is 0. The molecule has 15 heavy (non-hydrogen) atoms. The van der Waals surface area contributed by atoms with Gasteiger partial charge in [0.15, 0.2) is 0 Å². The van der Waals surface area contributed by atoms with Crippen LogP contribution in [0.3, 0.4) is 0 Å². The van der Waals surface area contributed by atoms with Crippen LogP contribution in [0.2, 0.25) is 5.15 Å². The molecule has 0 aromatic carbocycles. The lowest BCUT2D eigenvalue weighted by Gasteiger charge is -2.07. The van der Waals surface area contributed by atoms with Gasteiger partial charge in [-0.25, -0.2) is 4.98 Å². The van der Waals surface area contributed by atoms with Gasteiger partial charge in [0.25, 0.3) is 0 Å². The molecule has 0 saturated carbocycles. The molecule has 0 spiro atoms. The molecule has 0 atom stereocenters. The van der Waals surface area contributed by atoms with Gasteiger partial charge in [-0.15, -0.1) is 0 Å². The molecule has 0 N–H and O–H groups in total. The van der Waals surface area contributed by atoms with Crippen molar-refractivity contribution in [3.8, 4) is 5.88 Å². The Kier molecular flexibility index (Phi) is 4.56. The number of allylic oxidation sites excluding steroid dienone is 1. The van der Waals surface area contributed by atoms with Crippen LogP contribution in [0.4, 0.5) is 0 Å². The molecule has 0 amide bonds. The lowest BCUT2D eigenvalue weighted by Crippen LogP contribution is -2.02. The largest absolute Gasteiger partial charge is 0.473 e. The maximum absolute atomic E-state index is 5.86. The average molecular weight is 227 g/mol. The van der Waals surface area contributed by atoms with Crippen LogP contribution >= 0.6 is 11.6 Å². The fourth-order valence-electron chi connectivity index (χ4n) is 0.976. The van der Waals surface area contributed by atoms with Gasteiger partial charge in [-0.2, -0.15) is 4.98 Å². The number of aromatic nitrogens is 2. The Balaban J connectivity index is 2.79. The molecule has 0 saturated heterocycles. The van der Waals surface area contributed by atoms with E-state index in [0.29, 0.717) is 23.5 Å². The second kappa shape index (κ2) is 5.71. The summed E-state index contributed by atoms with van der Waals surface area (Å²) in [7, 11) is 0. The zero-order valence-corrected chi connectivity index (χ0v) is 9.95. The van der Waals surface area contributed by atoms with Crippen molar-refractivity contribution in [1.29, 1.82) is 0 Å². The zero-order valence-electron chi connectivity index (χ0n) is 9.20. The van der Waals surface area contributed by atoms with E-state index in [-0.39, 0.29) is 5.92 Å². The predicted octanol–water partition coefficient (Wildman–Crippen LogP) is 3.21. The molecular weight excluding hydrogens is 212 g/mol. The first-order valence-corrected chi connectivity index (χ1v) is 5.29. The molecule has 0 fully saturated rings. The highest BCUT2D eigenvalue weighted by molar-refractivity contribution is 6.29. The lowest BCUT2D eigenvalue weighted by molar-refractivity contribution is 0.345. The minimum Gasteiger partial charge on any atom is -0.473 e. The molecule has 3 nitrogen and oxygen atoms in total. The molecule has 0 unspecified atom stereocenters. The molecule has 82 valence electrons. The Hall–Kier alpha value is -1.09. The molecule has 1 heterocycles. The second-order valence-electron chi connectivity index (χ2n) is 3.42. The summed E-state index contributed by atoms with van der Waals surface area (Å²) >= 11 is 5.86. The molecule has 1 aromatic rings. The van der Waals surface area contributed by atoms with E-state index >= 15 is 0 Å². The highest BCUT2D eigenvalue weighted by atomic mass is 35.5. The van der Waals surface area contributed by atoms with Crippen LogP contribution in [0.5, 0.6) is 5.88 Å². The molecule has 1 aromatic heterocycles. The van der Waals surface area contributed by atoms with Gasteiger partial charge in [-0.05, 0) is 6.92 Å². The summed E-state index contributed by atoms with van der Waals surface area (Å²) < 4.78 is 5.40. The van der Waals surface area contributed by atoms with Gasteiger partial charge in [0.2, 0.25) is 5.88 Å². The topological polar surface area (TPSA) is 35.0 Å². The van der Waals surface area contributed by atoms with E-state index < -0.39 is 0 Å². The van der Waals surface area contributed by atoms with E-state index in [2.05, 4.69) is 9.97 Å². The van der Waals surface area contributed by atoms with Crippen LogP contribution < -0.4 is 4.74 Å². The monoisotopic (exact) mass is 226 g/mol. The first-order valence-electron chi connectivity index (χ1n) is 4.92. The summed E-state index contributed by atoms with van der Waals surface area (Å²) in [6.45, 7) is 6.47. The molecule has 0 aliphatic rings. The minimum absolute atomic E-state index is 0.243. The Bertz CT molecular complexity index is 350. The van der Waals surface area contributed by atoms with Gasteiger partial charge in [-0.3, -0.25) is 0 Å². The highest BCUT2D eigenvalue weighted by Crippen LogP contribution is 2.18. The van der Waals surface area contributed by atoms with Gasteiger partial charge >= 0.3 is 0 Å². The summed E-state index contributed by atoms with van der Waals surface area (Å²) in [6, 6.07) is 1.62. The van der Waals surface area contributed by atoms with Crippen molar-refractivity contribution in [3.63, 3.8) is 0 Å². The lowest BCUT2D eigenvalue weighted by atomic mass is 10.2. The third kappa shape index (κ3) is 3.88. The fourth-order valence-corrected chi connectivity index (χ4v) is 1.16. The smallest absolute Gasteiger partial charge is 0.218 e. The number of ether oxygens (including phenoxy) is 1. The standard InChI is InChI=1S/C11H15ClN2O/c1-4-5-6-15-10-7-9(12)13-11(14-10)8(2)3/h4-5,7-8H,6H2,1-3H3/b5-4+. The molecular formula is C11H15ClN2O. The van der Waals surface area contributed by atoms with E-state index in [1.54, 1.807) is 6.07 Å². The van der Waals surface area contributed by atoms with Gasteiger partial charge in [-0.1, -0.05) is 37.6 Å². The molecule has 0 aliphatic carbocycles. The first kappa shape index (κ1) is 12.0. The van der Waals surface area contributed by atoms with Crippen molar-refractivity contribution in [3.05, 3.63) is 29.2 Å². The second-order valence-corrected chi connectivity index (χ2v) is 3.81. The van der Waals surface area contributed by atoms with Crippen molar-refractivity contribution >= 4 is 11.6 Å². The third-order valence-electron chi connectivity index (χ3n) is 1.77. The zero-order chi connectivity index (χ0) is 11.3. The van der Waals surface area contributed by atoms with E-state index in [4.69, 9.17) is 16.3 Å². The van der Waals surface area contributed by atoms with Crippen LogP contribution in [0, 0.1) is 0 Å². The van der Waals surface area contributed by atoms with Gasteiger partial charge in [0.1, 0.15) is 17.6 Å². The fraction of sp³-hybridized carbons (Fsp3) is 0.455. The van der Waals surface area contributed by atoms with Crippen LogP contribution in [-0.4, -0.2) is 16.6 Å². The predicted molar refractivity (Wildman–Crippen MR) is 61.4 cm³/mol. The van der Waals surface area contributed by atoms with Gasteiger partial charge in [0, 0.05) is 12.0 Å². The molecule has 0 bridgehead atoms. The van der Waals surface area contributed by atoms with Gasteiger partial charge < -0.3 is 4.74 Å². The van der Waals surface area contributed by atoms with Crippen LogP contribution in [-0.2, 0) is 0 Å². The van der Waals surface area contributed by atoms with Crippen molar-refractivity contribution < 1.29 is 4.74 Å². The quantitative estimate of drug-likeness (QED) is 0.584. The molecule has 1 rings (SSSR count). The summed E-state index contributed by atoms with van der Waals surface area (Å²) in [5, 5.41) is 0.421. The maximum Gasteiger partial charge on any atom is 0.218 e. The normalized spacial score (nSPS) is 11.3.